The number of nitrogens with zero attached hydrogens (tertiary/aromatic N) is 5. The average Bonchev–Trinajstić information content (AvgIpc) is 3.83. The van der Waals surface area contributed by atoms with Gasteiger partial charge in [0, 0.05) is 25.7 Å². The van der Waals surface area contributed by atoms with Gasteiger partial charge in [-0.2, -0.15) is 12.6 Å². The van der Waals surface area contributed by atoms with Gasteiger partial charge in [0.05, 0.1) is 57.5 Å². The highest BCUT2D eigenvalue weighted by Crippen LogP contribution is 2.12. The van der Waals surface area contributed by atoms with Crippen LogP contribution in [0.15, 0.2) is 30.7 Å². The van der Waals surface area contributed by atoms with Gasteiger partial charge in [-0.1, -0.05) is 4.98 Å². The highest BCUT2D eigenvalue weighted by molar-refractivity contribution is 7.81. The van der Waals surface area contributed by atoms with Crippen molar-refractivity contribution in [2.75, 3.05) is 45.0 Å². The second-order valence-corrected chi connectivity index (χ2v) is 11.8. The number of nitrogens with one attached hydrogen (secondary N) is 7. The van der Waals surface area contributed by atoms with E-state index in [1.54, 1.807) is 0 Å². The molecule has 0 aliphatic carbocycles. The molecular formula is C30H44N12O11S. The van der Waals surface area contributed by atoms with Crippen molar-refractivity contribution in [3.8, 4) is 0 Å². The van der Waals surface area contributed by atoms with Crippen LogP contribution in [0, 0.1) is 20.2 Å². The van der Waals surface area contributed by atoms with Crippen molar-refractivity contribution in [1.29, 1.82) is 0 Å². The Kier molecular flexibility index (Phi) is 19.8. The Bertz CT molecular complexity index is 1630. The number of hydrogen-bond donors (Lipinski definition) is 8. The third-order valence-corrected chi connectivity index (χ3v) is 7.65. The molecule has 7 N–H and O–H groups in total. The topological polar surface area (TPSA) is 313 Å². The maximum absolute atomic E-state index is 13.0. The van der Waals surface area contributed by atoms with Gasteiger partial charge < -0.3 is 57.4 Å². The molecule has 54 heavy (non-hydrogen) atoms. The zero-order valence-corrected chi connectivity index (χ0v) is 30.1. The lowest BCUT2D eigenvalue weighted by Gasteiger charge is -2.19. The zero-order valence-electron chi connectivity index (χ0n) is 29.2. The summed E-state index contributed by atoms with van der Waals surface area (Å²) >= 11 is 3.76. The van der Waals surface area contributed by atoms with Crippen molar-refractivity contribution >= 4 is 65.7 Å². The molecule has 0 aliphatic heterocycles. The van der Waals surface area contributed by atoms with Crippen molar-refractivity contribution in [2.24, 2.45) is 0 Å². The Balaban J connectivity index is 1.75. The number of carbonyl (C=O) groups excluding carboxylic acids is 7. The Morgan fingerprint density at radius 1 is 0.685 bits per heavy atom. The number of aryl methyl sites for hydroxylation is 2. The molecule has 1 atom stereocenters. The lowest BCUT2D eigenvalue weighted by Crippen LogP contribution is -2.47. The van der Waals surface area contributed by atoms with E-state index in [0.29, 0.717) is 19.3 Å². The third-order valence-electron chi connectivity index (χ3n) is 7.36. The fraction of sp³-hybridized carbons (Fsp3) is 0.533. The molecule has 0 aromatic carbocycles. The summed E-state index contributed by atoms with van der Waals surface area (Å²) in [7, 11) is 0. The maximum Gasteiger partial charge on any atom is 0.434 e. The van der Waals surface area contributed by atoms with Crippen LogP contribution >= 0.6 is 12.6 Å². The van der Waals surface area contributed by atoms with E-state index < -0.39 is 63.8 Å². The molecule has 2 aromatic rings. The minimum atomic E-state index is -0.982. The Hall–Kier alpha value is -6.07. The van der Waals surface area contributed by atoms with Crippen molar-refractivity contribution in [2.45, 2.75) is 57.7 Å². The summed E-state index contributed by atoms with van der Waals surface area (Å²) in [6.07, 6.45) is 5.26. The van der Waals surface area contributed by atoms with E-state index in [2.05, 4.69) is 54.8 Å². The van der Waals surface area contributed by atoms with Crippen LogP contribution in [-0.2, 0) is 46.7 Å². The van der Waals surface area contributed by atoms with E-state index in [4.69, 9.17) is 0 Å². The number of rotatable bonds is 26. The van der Waals surface area contributed by atoms with Gasteiger partial charge >= 0.3 is 11.8 Å². The van der Waals surface area contributed by atoms with Crippen molar-refractivity contribution < 1.29 is 43.4 Å². The quantitative estimate of drug-likeness (QED) is 0.0216. The van der Waals surface area contributed by atoms with Crippen LogP contribution < -0.4 is 37.2 Å². The Labute approximate surface area is 313 Å². The molecule has 24 heteroatoms. The van der Waals surface area contributed by atoms with Gasteiger partial charge in [-0.05, 0) is 41.6 Å². The Morgan fingerprint density at radius 2 is 1.26 bits per heavy atom. The predicted molar refractivity (Wildman–Crippen MR) is 192 cm³/mol. The number of carbonyl (C=O) groups is 7. The number of imidazole rings is 1. The van der Waals surface area contributed by atoms with Gasteiger partial charge in [-0.3, -0.25) is 33.6 Å². The summed E-state index contributed by atoms with van der Waals surface area (Å²) < 4.78 is 2.55. The smallest absolute Gasteiger partial charge is 0.390 e. The molecule has 7 amide bonds. The van der Waals surface area contributed by atoms with Crippen LogP contribution in [0.25, 0.3) is 0 Å². The average molecular weight is 781 g/mol. The van der Waals surface area contributed by atoms with E-state index >= 15 is 0 Å². The molecule has 2 heterocycles. The molecule has 0 aliphatic rings. The van der Waals surface area contributed by atoms with Gasteiger partial charge in [-0.15, -0.1) is 0 Å². The SMILES string of the molecule is O=C(CS)NCC(=O)NCC(=O)NCC(=O)NCCCNC(=O)C(CCCCNC(=O)CCn1cccc1[N+](=O)[O-])NC(=O)CCn1ccnc1[N+](=O)[O-]. The second-order valence-electron chi connectivity index (χ2n) is 11.4. The third kappa shape index (κ3) is 17.4. The normalized spacial score (nSPS) is 11.1. The standard InChI is InChI=1S/C30H44N12O11S/c43-22(7-14-39-13-3-6-28(39)41(50)51)31-9-2-1-5-21(38-23(44)8-15-40-16-12-34-30(40)42(52)53)29(49)33-11-4-10-32-24(45)17-35-25(46)18-36-26(47)19-37-27(48)20-54/h3,6,12-13,16,21,54H,1-2,4-5,7-11,14-15,17-20H2,(H,31,43)(H,32,45)(H,33,49)(H,35,46)(H,36,47)(H,37,48)(H,38,44). The largest absolute Gasteiger partial charge is 0.434 e. The van der Waals surface area contributed by atoms with Crippen LogP contribution in [-0.4, -0.2) is 116 Å². The zero-order chi connectivity index (χ0) is 39.9. The molecule has 0 spiro atoms. The van der Waals surface area contributed by atoms with E-state index in [9.17, 15) is 53.8 Å². The first-order valence-corrected chi connectivity index (χ1v) is 17.4. The van der Waals surface area contributed by atoms with Crippen LogP contribution in [0.4, 0.5) is 11.8 Å². The molecule has 2 rings (SSSR count). The Morgan fingerprint density at radius 3 is 1.91 bits per heavy atom. The van der Waals surface area contributed by atoms with Gasteiger partial charge in [-0.25, -0.2) is 9.13 Å². The van der Waals surface area contributed by atoms with Crippen LogP contribution in [0.2, 0.25) is 0 Å². The monoisotopic (exact) mass is 780 g/mol. The summed E-state index contributed by atoms with van der Waals surface area (Å²) in [5.41, 5.74) is 0. The molecule has 0 saturated carbocycles. The first-order valence-electron chi connectivity index (χ1n) is 16.8. The molecule has 0 bridgehead atoms. The predicted octanol–water partition coefficient (Wildman–Crippen LogP) is -2.35. The van der Waals surface area contributed by atoms with Crippen LogP contribution in [0.1, 0.15) is 38.5 Å². The number of amides is 7. The van der Waals surface area contributed by atoms with Gasteiger partial charge in [0.1, 0.15) is 18.4 Å². The number of hydrogen-bond acceptors (Lipinski definition) is 13. The van der Waals surface area contributed by atoms with E-state index in [-0.39, 0.29) is 82.6 Å². The minimum Gasteiger partial charge on any atom is -0.390 e. The highest BCUT2D eigenvalue weighted by Gasteiger charge is 2.22. The summed E-state index contributed by atoms with van der Waals surface area (Å²) in [5, 5.41) is 39.7. The second kappa shape index (κ2) is 24.2. The van der Waals surface area contributed by atoms with Gasteiger partial charge in [0.2, 0.25) is 41.4 Å². The molecule has 2 aromatic heterocycles. The molecule has 23 nitrogen and oxygen atoms in total. The number of nitro groups is 2. The van der Waals surface area contributed by atoms with Gasteiger partial charge in [0.25, 0.3) is 0 Å². The molecular weight excluding hydrogens is 736 g/mol. The summed E-state index contributed by atoms with van der Waals surface area (Å²) in [4.78, 5) is 109. The summed E-state index contributed by atoms with van der Waals surface area (Å²) in [6.45, 7) is -0.542. The number of unbranched alkanes of at least 4 members (excludes halogenated alkanes) is 1. The fourth-order valence-electron chi connectivity index (χ4n) is 4.61. The molecule has 0 radical (unpaired) electrons. The number of thiol groups is 1. The van der Waals surface area contributed by atoms with Gasteiger partial charge in [0.15, 0.2) is 0 Å². The molecule has 0 fully saturated rings. The summed E-state index contributed by atoms with van der Waals surface area (Å²) in [5.74, 6) is -4.24. The minimum absolute atomic E-state index is 0.0147. The molecule has 0 saturated heterocycles. The fourth-order valence-corrected chi connectivity index (χ4v) is 4.72. The van der Waals surface area contributed by atoms with E-state index in [1.165, 1.54) is 39.9 Å². The van der Waals surface area contributed by atoms with Crippen molar-refractivity contribution in [3.63, 3.8) is 0 Å². The molecule has 296 valence electrons. The van der Waals surface area contributed by atoms with Crippen molar-refractivity contribution in [1.82, 2.24) is 51.3 Å². The first kappa shape index (κ1) is 44.1. The van der Waals surface area contributed by atoms with Crippen LogP contribution in [0.5, 0.6) is 0 Å². The van der Waals surface area contributed by atoms with E-state index in [0.717, 1.165) is 0 Å². The highest BCUT2D eigenvalue weighted by atomic mass is 32.1. The van der Waals surface area contributed by atoms with E-state index in [1.807, 2.05) is 0 Å². The summed E-state index contributed by atoms with van der Waals surface area (Å²) in [6, 6.07) is 1.86. The maximum atomic E-state index is 13.0. The lowest BCUT2D eigenvalue weighted by atomic mass is 10.1. The van der Waals surface area contributed by atoms with Crippen LogP contribution in [0.3, 0.4) is 0 Å². The van der Waals surface area contributed by atoms with Crippen molar-refractivity contribution in [3.05, 3.63) is 51.0 Å². The number of aromatic nitrogens is 3. The first-order chi connectivity index (χ1) is 25.8. The lowest BCUT2D eigenvalue weighted by molar-refractivity contribution is -0.396. The molecule has 1 unspecified atom stereocenters.